The highest BCUT2D eigenvalue weighted by Gasteiger charge is 2.40. The number of methoxy groups -OCH3 is 1. The quantitative estimate of drug-likeness (QED) is 0.786. The minimum absolute atomic E-state index is 0.213. The second-order valence-corrected chi connectivity index (χ2v) is 7.17. The molecule has 1 aliphatic heterocycles. The van der Waals surface area contributed by atoms with Gasteiger partial charge < -0.3 is 14.8 Å². The first kappa shape index (κ1) is 15.4. The Labute approximate surface area is 131 Å². The number of ether oxygens (including phenoxy) is 2. The van der Waals surface area contributed by atoms with Crippen molar-refractivity contribution in [1.29, 1.82) is 0 Å². The summed E-state index contributed by atoms with van der Waals surface area (Å²) in [6.07, 6.45) is 5.61. The molecular formula is C16H26N2O2S. The van der Waals surface area contributed by atoms with Crippen LogP contribution in [0.1, 0.15) is 60.5 Å². The second kappa shape index (κ2) is 6.73. The van der Waals surface area contributed by atoms with Gasteiger partial charge in [0.05, 0.1) is 5.69 Å². The first-order chi connectivity index (χ1) is 10.3. The number of thiazole rings is 1. The van der Waals surface area contributed by atoms with Crippen LogP contribution in [0.15, 0.2) is 0 Å². The Morgan fingerprint density at radius 2 is 2.14 bits per heavy atom. The van der Waals surface area contributed by atoms with Crippen LogP contribution in [0, 0.1) is 0 Å². The number of nitrogens with zero attached hydrogens (tertiary/aromatic N) is 1. The monoisotopic (exact) mass is 310 g/mol. The standard InChI is InChI=1S/C16H26N2O2S/c1-3-8-17-11-13-14(12-4-5-12)18-15(21-13)16(19-2)6-9-20-10-7-16/h12,17H,3-11H2,1-2H3. The van der Waals surface area contributed by atoms with Crippen molar-refractivity contribution in [1.82, 2.24) is 10.3 Å². The van der Waals surface area contributed by atoms with E-state index in [9.17, 15) is 0 Å². The zero-order valence-corrected chi connectivity index (χ0v) is 13.9. The molecule has 1 aromatic heterocycles. The van der Waals surface area contributed by atoms with Crippen LogP contribution in [0.4, 0.5) is 0 Å². The van der Waals surface area contributed by atoms with Crippen LogP contribution in [0.25, 0.3) is 0 Å². The van der Waals surface area contributed by atoms with Crippen molar-refractivity contribution in [3.63, 3.8) is 0 Å². The van der Waals surface area contributed by atoms with Gasteiger partial charge in [0.25, 0.3) is 0 Å². The highest BCUT2D eigenvalue weighted by Crippen LogP contribution is 2.46. The van der Waals surface area contributed by atoms with Gasteiger partial charge in [-0.25, -0.2) is 4.98 Å². The van der Waals surface area contributed by atoms with Crippen molar-refractivity contribution in [3.8, 4) is 0 Å². The third-order valence-corrected chi connectivity index (χ3v) is 5.74. The fourth-order valence-electron chi connectivity index (χ4n) is 2.95. The number of hydrogen-bond donors (Lipinski definition) is 1. The molecule has 4 nitrogen and oxygen atoms in total. The molecule has 0 bridgehead atoms. The van der Waals surface area contributed by atoms with E-state index in [1.807, 2.05) is 18.4 Å². The van der Waals surface area contributed by atoms with Gasteiger partial charge in [-0.15, -0.1) is 11.3 Å². The Kier molecular flexibility index (Phi) is 4.94. The van der Waals surface area contributed by atoms with Crippen LogP contribution in [-0.2, 0) is 21.6 Å². The largest absolute Gasteiger partial charge is 0.381 e. The summed E-state index contributed by atoms with van der Waals surface area (Å²) in [4.78, 5) is 6.44. The van der Waals surface area contributed by atoms with Gasteiger partial charge in [0.15, 0.2) is 0 Å². The van der Waals surface area contributed by atoms with Crippen molar-refractivity contribution in [2.45, 2.75) is 57.1 Å². The van der Waals surface area contributed by atoms with Crippen molar-refractivity contribution < 1.29 is 9.47 Å². The molecule has 1 saturated carbocycles. The molecule has 1 aromatic rings. The normalized spacial score (nSPS) is 21.6. The first-order valence-electron chi connectivity index (χ1n) is 8.13. The molecule has 0 atom stereocenters. The molecule has 0 aromatic carbocycles. The highest BCUT2D eigenvalue weighted by molar-refractivity contribution is 7.11. The molecule has 1 N–H and O–H groups in total. The van der Waals surface area contributed by atoms with E-state index >= 15 is 0 Å². The molecule has 118 valence electrons. The van der Waals surface area contributed by atoms with Crippen molar-refractivity contribution in [2.75, 3.05) is 26.9 Å². The van der Waals surface area contributed by atoms with E-state index in [2.05, 4.69) is 12.2 Å². The van der Waals surface area contributed by atoms with Crippen LogP contribution < -0.4 is 5.32 Å². The average Bonchev–Trinajstić information content (AvgIpc) is 3.28. The van der Waals surface area contributed by atoms with Gasteiger partial charge in [-0.05, 0) is 25.8 Å². The van der Waals surface area contributed by atoms with Crippen molar-refractivity contribution in [2.24, 2.45) is 0 Å². The lowest BCUT2D eigenvalue weighted by molar-refractivity contribution is -0.0948. The second-order valence-electron chi connectivity index (χ2n) is 6.09. The van der Waals surface area contributed by atoms with E-state index < -0.39 is 0 Å². The molecule has 0 amide bonds. The lowest BCUT2D eigenvalue weighted by Crippen LogP contribution is -2.35. The zero-order chi connectivity index (χ0) is 14.7. The number of aromatic nitrogens is 1. The van der Waals surface area contributed by atoms with Gasteiger partial charge >= 0.3 is 0 Å². The van der Waals surface area contributed by atoms with Crippen LogP contribution in [0.3, 0.4) is 0 Å². The summed E-state index contributed by atoms with van der Waals surface area (Å²) in [5.41, 5.74) is 1.12. The molecule has 2 heterocycles. The third-order valence-electron chi connectivity index (χ3n) is 4.48. The molecule has 21 heavy (non-hydrogen) atoms. The SMILES string of the molecule is CCCNCc1sc(C2(OC)CCOCC2)nc1C1CC1. The summed E-state index contributed by atoms with van der Waals surface area (Å²) < 4.78 is 11.4. The summed E-state index contributed by atoms with van der Waals surface area (Å²) in [6, 6.07) is 0. The maximum Gasteiger partial charge on any atom is 0.125 e. The van der Waals surface area contributed by atoms with Crippen LogP contribution in [-0.4, -0.2) is 31.9 Å². The molecular weight excluding hydrogens is 284 g/mol. The molecule has 0 unspecified atom stereocenters. The molecule has 1 saturated heterocycles. The lowest BCUT2D eigenvalue weighted by atomic mass is 9.95. The smallest absolute Gasteiger partial charge is 0.125 e. The summed E-state index contributed by atoms with van der Waals surface area (Å²) in [5.74, 6) is 0.696. The predicted octanol–water partition coefficient (Wildman–Crippen LogP) is 3.17. The fraction of sp³-hybridized carbons (Fsp3) is 0.812. The minimum Gasteiger partial charge on any atom is -0.381 e. The maximum absolute atomic E-state index is 5.91. The van der Waals surface area contributed by atoms with Crippen molar-refractivity contribution >= 4 is 11.3 Å². The first-order valence-corrected chi connectivity index (χ1v) is 8.94. The number of rotatable bonds is 7. The summed E-state index contributed by atoms with van der Waals surface area (Å²) in [7, 11) is 1.82. The Morgan fingerprint density at radius 3 is 2.76 bits per heavy atom. The van der Waals surface area contributed by atoms with Gasteiger partial charge in [0.2, 0.25) is 0 Å². The third kappa shape index (κ3) is 3.31. The fourth-order valence-corrected chi connectivity index (χ4v) is 4.29. The maximum atomic E-state index is 5.91. The van der Waals surface area contributed by atoms with Crippen molar-refractivity contribution in [3.05, 3.63) is 15.6 Å². The van der Waals surface area contributed by atoms with E-state index in [-0.39, 0.29) is 5.60 Å². The molecule has 1 aliphatic carbocycles. The summed E-state index contributed by atoms with van der Waals surface area (Å²) in [6.45, 7) is 5.77. The van der Waals surface area contributed by atoms with E-state index in [0.717, 1.165) is 39.1 Å². The predicted molar refractivity (Wildman–Crippen MR) is 84.8 cm³/mol. The van der Waals surface area contributed by atoms with Crippen LogP contribution in [0.5, 0.6) is 0 Å². The average molecular weight is 310 g/mol. The van der Waals surface area contributed by atoms with Crippen LogP contribution >= 0.6 is 11.3 Å². The Hall–Kier alpha value is -0.490. The zero-order valence-electron chi connectivity index (χ0n) is 13.1. The van der Waals surface area contributed by atoms with Gasteiger partial charge in [0.1, 0.15) is 10.6 Å². The van der Waals surface area contributed by atoms with E-state index in [4.69, 9.17) is 14.5 Å². The Morgan fingerprint density at radius 1 is 1.38 bits per heavy atom. The van der Waals surface area contributed by atoms with Gasteiger partial charge in [-0.3, -0.25) is 0 Å². The van der Waals surface area contributed by atoms with E-state index in [1.165, 1.54) is 34.8 Å². The lowest BCUT2D eigenvalue weighted by Gasteiger charge is -2.33. The molecule has 2 aliphatic rings. The molecule has 0 spiro atoms. The molecule has 5 heteroatoms. The Bertz CT molecular complexity index is 465. The van der Waals surface area contributed by atoms with Gasteiger partial charge in [-0.1, -0.05) is 6.92 Å². The highest BCUT2D eigenvalue weighted by atomic mass is 32.1. The Balaban J connectivity index is 1.82. The van der Waals surface area contributed by atoms with Gasteiger partial charge in [-0.2, -0.15) is 0 Å². The molecule has 0 radical (unpaired) electrons. The molecule has 3 rings (SSSR count). The van der Waals surface area contributed by atoms with Crippen LogP contribution in [0.2, 0.25) is 0 Å². The number of hydrogen-bond acceptors (Lipinski definition) is 5. The van der Waals surface area contributed by atoms with E-state index in [1.54, 1.807) is 0 Å². The molecule has 2 fully saturated rings. The van der Waals surface area contributed by atoms with Gasteiger partial charge in [0, 0.05) is 50.5 Å². The topological polar surface area (TPSA) is 43.4 Å². The summed E-state index contributed by atoms with van der Waals surface area (Å²) in [5, 5.41) is 4.70. The minimum atomic E-state index is -0.213. The summed E-state index contributed by atoms with van der Waals surface area (Å²) >= 11 is 1.85. The number of nitrogens with one attached hydrogen (secondary N) is 1. The van der Waals surface area contributed by atoms with E-state index in [0.29, 0.717) is 5.92 Å².